The third kappa shape index (κ3) is 3.06. The second-order valence-electron chi connectivity index (χ2n) is 5.95. The maximum absolute atomic E-state index is 5.69. The summed E-state index contributed by atoms with van der Waals surface area (Å²) in [5, 5.41) is 4.63. The zero-order valence-corrected chi connectivity index (χ0v) is 13.0. The Morgan fingerprint density at radius 2 is 1.87 bits per heavy atom. The molecule has 1 aliphatic rings. The van der Waals surface area contributed by atoms with Gasteiger partial charge in [0.1, 0.15) is 5.82 Å². The fourth-order valence-corrected chi connectivity index (χ4v) is 3.15. The van der Waals surface area contributed by atoms with Crippen molar-refractivity contribution >= 4 is 16.7 Å². The van der Waals surface area contributed by atoms with Crippen LogP contribution >= 0.6 is 0 Å². The molecular formula is C20H20N2O. The Hall–Kier alpha value is -2.39. The van der Waals surface area contributed by atoms with Gasteiger partial charge in [-0.3, -0.25) is 0 Å². The molecule has 3 heteroatoms. The van der Waals surface area contributed by atoms with E-state index in [9.17, 15) is 0 Å². The lowest BCUT2D eigenvalue weighted by molar-refractivity contribution is 0.120. The molecule has 1 N–H and O–H groups in total. The summed E-state index contributed by atoms with van der Waals surface area (Å²) in [4.78, 5) is 4.76. The van der Waals surface area contributed by atoms with Gasteiger partial charge in [-0.05, 0) is 36.1 Å². The van der Waals surface area contributed by atoms with Gasteiger partial charge < -0.3 is 10.1 Å². The Bertz CT molecular complexity index is 795. The highest BCUT2D eigenvalue weighted by atomic mass is 16.5. The Morgan fingerprint density at radius 3 is 2.70 bits per heavy atom. The van der Waals surface area contributed by atoms with Gasteiger partial charge in [-0.1, -0.05) is 48.5 Å². The summed E-state index contributed by atoms with van der Waals surface area (Å²) >= 11 is 0. The summed E-state index contributed by atoms with van der Waals surface area (Å²) < 4.78 is 5.69. The van der Waals surface area contributed by atoms with E-state index < -0.39 is 0 Å². The van der Waals surface area contributed by atoms with Gasteiger partial charge in [0.2, 0.25) is 0 Å². The van der Waals surface area contributed by atoms with Crippen LogP contribution in [0.3, 0.4) is 0 Å². The summed E-state index contributed by atoms with van der Waals surface area (Å²) in [6, 6.07) is 20.9. The van der Waals surface area contributed by atoms with Gasteiger partial charge in [0.05, 0.1) is 11.6 Å². The Kier molecular flexibility index (Phi) is 3.95. The van der Waals surface area contributed by atoms with Crippen LogP contribution in [0.15, 0.2) is 60.7 Å². The first-order valence-electron chi connectivity index (χ1n) is 8.21. The summed E-state index contributed by atoms with van der Waals surface area (Å²) in [6.07, 6.45) is 2.60. The van der Waals surface area contributed by atoms with Crippen LogP contribution in [0.4, 0.5) is 5.82 Å². The zero-order valence-electron chi connectivity index (χ0n) is 13.0. The van der Waals surface area contributed by atoms with Crippen molar-refractivity contribution in [2.45, 2.75) is 18.9 Å². The maximum atomic E-state index is 5.69. The summed E-state index contributed by atoms with van der Waals surface area (Å²) in [5.41, 5.74) is 3.45. The molecular weight excluding hydrogens is 284 g/mol. The van der Waals surface area contributed by atoms with Crippen molar-refractivity contribution in [2.75, 3.05) is 18.5 Å². The average molecular weight is 304 g/mol. The molecule has 1 unspecified atom stereocenters. The molecule has 0 radical (unpaired) electrons. The van der Waals surface area contributed by atoms with Crippen molar-refractivity contribution in [1.29, 1.82) is 0 Å². The van der Waals surface area contributed by atoms with Gasteiger partial charge in [-0.15, -0.1) is 0 Å². The largest absolute Gasteiger partial charge is 0.376 e. The van der Waals surface area contributed by atoms with Crippen LogP contribution in [-0.2, 0) is 4.74 Å². The minimum absolute atomic E-state index is 0.309. The van der Waals surface area contributed by atoms with Gasteiger partial charge in [0, 0.05) is 18.5 Å². The number of fused-ring (bicyclic) bond motifs is 1. The predicted molar refractivity (Wildman–Crippen MR) is 94.6 cm³/mol. The standard InChI is InChI=1S/C20H20N2O/c1-2-7-15(8-3-1)18-13-20(21-14-16-9-6-12-23-16)22-19-11-5-4-10-17(18)19/h1-5,7-8,10-11,13,16H,6,9,12,14H2,(H,21,22). The number of pyridine rings is 1. The van der Waals surface area contributed by atoms with E-state index in [1.807, 2.05) is 12.1 Å². The number of ether oxygens (including phenoxy) is 1. The Labute approximate surface area is 136 Å². The number of anilines is 1. The molecule has 0 spiro atoms. The quantitative estimate of drug-likeness (QED) is 0.771. The molecule has 1 fully saturated rings. The predicted octanol–water partition coefficient (Wildman–Crippen LogP) is 4.49. The number of nitrogens with one attached hydrogen (secondary N) is 1. The van der Waals surface area contributed by atoms with Gasteiger partial charge in [0.15, 0.2) is 0 Å². The van der Waals surface area contributed by atoms with E-state index in [1.165, 1.54) is 16.5 Å². The molecule has 0 bridgehead atoms. The minimum Gasteiger partial charge on any atom is -0.376 e. The molecule has 3 nitrogen and oxygen atoms in total. The van der Waals surface area contributed by atoms with E-state index in [4.69, 9.17) is 9.72 Å². The molecule has 1 aliphatic heterocycles. The SMILES string of the molecule is c1ccc(-c2cc(NCC3CCCO3)nc3ccccc23)cc1. The third-order valence-electron chi connectivity index (χ3n) is 4.34. The van der Waals surface area contributed by atoms with Gasteiger partial charge in [-0.25, -0.2) is 4.98 Å². The first-order chi connectivity index (χ1) is 11.4. The summed E-state index contributed by atoms with van der Waals surface area (Å²) in [6.45, 7) is 1.70. The van der Waals surface area contributed by atoms with Crippen molar-refractivity contribution in [3.63, 3.8) is 0 Å². The monoisotopic (exact) mass is 304 g/mol. The van der Waals surface area contributed by atoms with Crippen LogP contribution in [0.25, 0.3) is 22.0 Å². The Morgan fingerprint density at radius 1 is 1.04 bits per heavy atom. The molecule has 1 atom stereocenters. The van der Waals surface area contributed by atoms with Crippen LogP contribution in [0, 0.1) is 0 Å². The fourth-order valence-electron chi connectivity index (χ4n) is 3.15. The van der Waals surface area contributed by atoms with Crippen LogP contribution < -0.4 is 5.32 Å². The van der Waals surface area contributed by atoms with Crippen molar-refractivity contribution in [3.05, 3.63) is 60.7 Å². The van der Waals surface area contributed by atoms with E-state index in [1.54, 1.807) is 0 Å². The lowest BCUT2D eigenvalue weighted by atomic mass is 10.0. The smallest absolute Gasteiger partial charge is 0.127 e. The third-order valence-corrected chi connectivity index (χ3v) is 4.34. The highest BCUT2D eigenvalue weighted by Crippen LogP contribution is 2.30. The van der Waals surface area contributed by atoms with Crippen molar-refractivity contribution in [1.82, 2.24) is 4.98 Å². The Balaban J connectivity index is 1.71. The molecule has 0 amide bonds. The lowest BCUT2D eigenvalue weighted by Crippen LogP contribution is -2.18. The average Bonchev–Trinajstić information content (AvgIpc) is 3.13. The number of aromatic nitrogens is 1. The fraction of sp³-hybridized carbons (Fsp3) is 0.250. The van der Waals surface area contributed by atoms with Crippen molar-refractivity contribution in [2.24, 2.45) is 0 Å². The molecule has 23 heavy (non-hydrogen) atoms. The van der Waals surface area contributed by atoms with Gasteiger partial charge >= 0.3 is 0 Å². The molecule has 0 saturated carbocycles. The molecule has 4 rings (SSSR count). The van der Waals surface area contributed by atoms with E-state index in [0.29, 0.717) is 6.10 Å². The molecule has 116 valence electrons. The van der Waals surface area contributed by atoms with Crippen LogP contribution in [0.2, 0.25) is 0 Å². The van der Waals surface area contributed by atoms with Gasteiger partial charge in [-0.2, -0.15) is 0 Å². The molecule has 2 heterocycles. The molecule has 3 aromatic rings. The second-order valence-corrected chi connectivity index (χ2v) is 5.95. The molecule has 1 aromatic heterocycles. The summed E-state index contributed by atoms with van der Waals surface area (Å²) in [5.74, 6) is 0.915. The highest BCUT2D eigenvalue weighted by molar-refractivity contribution is 5.96. The minimum atomic E-state index is 0.309. The van der Waals surface area contributed by atoms with E-state index in [2.05, 4.69) is 53.8 Å². The van der Waals surface area contributed by atoms with E-state index >= 15 is 0 Å². The number of hydrogen-bond donors (Lipinski definition) is 1. The zero-order chi connectivity index (χ0) is 15.5. The first kappa shape index (κ1) is 14.2. The van der Waals surface area contributed by atoms with Crippen LogP contribution in [0.1, 0.15) is 12.8 Å². The topological polar surface area (TPSA) is 34.1 Å². The number of hydrogen-bond acceptors (Lipinski definition) is 3. The highest BCUT2D eigenvalue weighted by Gasteiger charge is 2.15. The maximum Gasteiger partial charge on any atom is 0.127 e. The van der Waals surface area contributed by atoms with Gasteiger partial charge in [0.25, 0.3) is 0 Å². The number of benzene rings is 2. The van der Waals surface area contributed by atoms with Crippen LogP contribution in [-0.4, -0.2) is 24.2 Å². The molecule has 1 saturated heterocycles. The first-order valence-corrected chi connectivity index (χ1v) is 8.21. The lowest BCUT2D eigenvalue weighted by Gasteiger charge is -2.14. The van der Waals surface area contributed by atoms with E-state index in [0.717, 1.165) is 37.3 Å². The number of para-hydroxylation sites is 1. The van der Waals surface area contributed by atoms with Crippen molar-refractivity contribution in [3.8, 4) is 11.1 Å². The number of rotatable bonds is 4. The van der Waals surface area contributed by atoms with Crippen LogP contribution in [0.5, 0.6) is 0 Å². The van der Waals surface area contributed by atoms with E-state index in [-0.39, 0.29) is 0 Å². The second kappa shape index (κ2) is 6.39. The summed E-state index contributed by atoms with van der Waals surface area (Å²) in [7, 11) is 0. The van der Waals surface area contributed by atoms with Crippen molar-refractivity contribution < 1.29 is 4.74 Å². The molecule has 2 aromatic carbocycles. The normalized spacial score (nSPS) is 17.5. The molecule has 0 aliphatic carbocycles. The number of nitrogens with zero attached hydrogens (tertiary/aromatic N) is 1.